The minimum absolute atomic E-state index is 0.0187. The first-order chi connectivity index (χ1) is 13.8. The number of hydrogen-bond acceptors (Lipinski definition) is 6. The van der Waals surface area contributed by atoms with Gasteiger partial charge < -0.3 is 14.8 Å². The summed E-state index contributed by atoms with van der Waals surface area (Å²) in [7, 11) is -1.18. The number of ether oxygens (including phenoxy) is 2. The summed E-state index contributed by atoms with van der Waals surface area (Å²) in [6, 6.07) is 9.81. The second kappa shape index (κ2) is 8.12. The van der Waals surface area contributed by atoms with Gasteiger partial charge in [0.1, 0.15) is 6.04 Å². The number of anilines is 1. The van der Waals surface area contributed by atoms with Crippen LogP contribution in [0.1, 0.15) is 18.4 Å². The van der Waals surface area contributed by atoms with Crippen molar-refractivity contribution in [2.75, 3.05) is 19.5 Å². The highest BCUT2D eigenvalue weighted by Crippen LogP contribution is 2.31. The van der Waals surface area contributed by atoms with Gasteiger partial charge in [-0.25, -0.2) is 12.7 Å². The molecule has 0 spiro atoms. The second-order valence-electron chi connectivity index (χ2n) is 6.62. The molecule has 0 aliphatic carbocycles. The Bertz CT molecular complexity index is 1030. The van der Waals surface area contributed by atoms with Gasteiger partial charge in [0.15, 0.2) is 11.5 Å². The third kappa shape index (κ3) is 4.04. The molecule has 8 nitrogen and oxygen atoms in total. The molecule has 0 saturated carbocycles. The molecule has 1 aliphatic rings. The number of carbonyl (C=O) groups excluding carboxylic acids is 2. The molecule has 2 amide bonds. The zero-order valence-electron chi connectivity index (χ0n) is 16.3. The van der Waals surface area contributed by atoms with Gasteiger partial charge in [0.05, 0.1) is 19.1 Å². The van der Waals surface area contributed by atoms with Crippen LogP contribution in [0.15, 0.2) is 47.4 Å². The van der Waals surface area contributed by atoms with E-state index in [9.17, 15) is 18.0 Å². The highest BCUT2D eigenvalue weighted by atomic mass is 32.2. The summed E-state index contributed by atoms with van der Waals surface area (Å²) >= 11 is 0. The number of nitrogens with one attached hydrogen (secondary N) is 1. The molecule has 2 aromatic carbocycles. The van der Waals surface area contributed by atoms with Gasteiger partial charge in [0, 0.05) is 18.2 Å². The topological polar surface area (TPSA) is 102 Å². The Morgan fingerprint density at radius 1 is 1.07 bits per heavy atom. The minimum Gasteiger partial charge on any atom is -0.493 e. The van der Waals surface area contributed by atoms with E-state index in [0.29, 0.717) is 21.5 Å². The fraction of sp³-hybridized carbons (Fsp3) is 0.300. The van der Waals surface area contributed by atoms with Gasteiger partial charge in [-0.05, 0) is 37.6 Å². The van der Waals surface area contributed by atoms with Crippen LogP contribution in [0.4, 0.5) is 5.69 Å². The van der Waals surface area contributed by atoms with Crippen molar-refractivity contribution >= 4 is 27.5 Å². The molecule has 9 heteroatoms. The van der Waals surface area contributed by atoms with Gasteiger partial charge in [-0.2, -0.15) is 0 Å². The zero-order chi connectivity index (χ0) is 21.2. The Morgan fingerprint density at radius 3 is 2.34 bits per heavy atom. The fourth-order valence-corrected chi connectivity index (χ4v) is 4.77. The SMILES string of the molecule is COc1ccc(NC(=O)[C@@H]2CCC(=O)N2S(=O)(=O)c2ccc(C)cc2)cc1OC. The molecule has 1 saturated heterocycles. The van der Waals surface area contributed by atoms with Crippen molar-refractivity contribution < 1.29 is 27.5 Å². The van der Waals surface area contributed by atoms with Gasteiger partial charge in [-0.3, -0.25) is 9.59 Å². The van der Waals surface area contributed by atoms with E-state index in [1.807, 2.05) is 6.92 Å². The first-order valence-corrected chi connectivity index (χ1v) is 10.4. The summed E-state index contributed by atoms with van der Waals surface area (Å²) in [4.78, 5) is 25.1. The third-order valence-corrected chi connectivity index (χ3v) is 6.54. The first-order valence-electron chi connectivity index (χ1n) is 8.94. The van der Waals surface area contributed by atoms with Crippen LogP contribution in [0, 0.1) is 6.92 Å². The molecule has 29 heavy (non-hydrogen) atoms. The van der Waals surface area contributed by atoms with Crippen LogP contribution in [0.2, 0.25) is 0 Å². The zero-order valence-corrected chi connectivity index (χ0v) is 17.2. The number of rotatable bonds is 6. The average Bonchev–Trinajstić information content (AvgIpc) is 3.10. The maximum atomic E-state index is 13.0. The van der Waals surface area contributed by atoms with Crippen molar-refractivity contribution in [2.45, 2.75) is 30.7 Å². The molecule has 2 aromatic rings. The molecule has 0 unspecified atom stereocenters. The summed E-state index contributed by atoms with van der Waals surface area (Å²) in [5, 5.41) is 2.66. The number of carbonyl (C=O) groups is 2. The Hall–Kier alpha value is -3.07. The molecular formula is C20H22N2O6S. The van der Waals surface area contributed by atoms with Crippen molar-refractivity contribution in [3.8, 4) is 11.5 Å². The molecule has 0 bridgehead atoms. The summed E-state index contributed by atoms with van der Waals surface area (Å²) < 4.78 is 37.0. The van der Waals surface area contributed by atoms with Gasteiger partial charge in [0.25, 0.3) is 10.0 Å². The monoisotopic (exact) mass is 418 g/mol. The lowest BCUT2D eigenvalue weighted by atomic mass is 10.2. The predicted octanol–water partition coefficient (Wildman–Crippen LogP) is 2.33. The van der Waals surface area contributed by atoms with Crippen molar-refractivity contribution in [1.82, 2.24) is 4.31 Å². The highest BCUT2D eigenvalue weighted by molar-refractivity contribution is 7.89. The Balaban J connectivity index is 1.86. The predicted molar refractivity (Wildman–Crippen MR) is 106 cm³/mol. The summed E-state index contributed by atoms with van der Waals surface area (Å²) in [5.41, 5.74) is 1.29. The van der Waals surface area contributed by atoms with Crippen LogP contribution >= 0.6 is 0 Å². The van der Waals surface area contributed by atoms with Gasteiger partial charge in [0.2, 0.25) is 11.8 Å². The second-order valence-corrected chi connectivity index (χ2v) is 8.44. The largest absolute Gasteiger partial charge is 0.493 e. The number of benzene rings is 2. The summed E-state index contributed by atoms with van der Waals surface area (Å²) in [5.74, 6) is -0.279. The molecule has 154 valence electrons. The molecule has 0 radical (unpaired) electrons. The fourth-order valence-electron chi connectivity index (χ4n) is 3.16. The number of aryl methyl sites for hydroxylation is 1. The van der Waals surface area contributed by atoms with Crippen LogP contribution in [-0.2, 0) is 19.6 Å². The van der Waals surface area contributed by atoms with E-state index < -0.39 is 27.9 Å². The molecule has 0 aromatic heterocycles. The number of methoxy groups -OCH3 is 2. The average molecular weight is 418 g/mol. The van der Waals surface area contributed by atoms with E-state index in [-0.39, 0.29) is 17.7 Å². The number of nitrogens with zero attached hydrogens (tertiary/aromatic N) is 1. The lowest BCUT2D eigenvalue weighted by Crippen LogP contribution is -2.45. The van der Waals surface area contributed by atoms with Crippen LogP contribution in [0.5, 0.6) is 11.5 Å². The maximum absolute atomic E-state index is 13.0. The van der Waals surface area contributed by atoms with Gasteiger partial charge in [-0.1, -0.05) is 17.7 Å². The molecule has 1 heterocycles. The van der Waals surface area contributed by atoms with Crippen molar-refractivity contribution in [1.29, 1.82) is 0 Å². The number of sulfonamides is 1. The van der Waals surface area contributed by atoms with E-state index in [0.717, 1.165) is 5.56 Å². The van der Waals surface area contributed by atoms with Crippen LogP contribution in [-0.4, -0.2) is 44.8 Å². The van der Waals surface area contributed by atoms with Crippen LogP contribution < -0.4 is 14.8 Å². The van der Waals surface area contributed by atoms with E-state index >= 15 is 0 Å². The number of hydrogen-bond donors (Lipinski definition) is 1. The van der Waals surface area contributed by atoms with E-state index in [1.54, 1.807) is 30.3 Å². The highest BCUT2D eigenvalue weighted by Gasteiger charge is 2.44. The van der Waals surface area contributed by atoms with E-state index in [1.165, 1.54) is 26.4 Å². The van der Waals surface area contributed by atoms with Crippen molar-refractivity contribution in [3.63, 3.8) is 0 Å². The normalized spacial score (nSPS) is 16.6. The lowest BCUT2D eigenvalue weighted by Gasteiger charge is -2.24. The quantitative estimate of drug-likeness (QED) is 0.773. The molecule has 1 aliphatic heterocycles. The van der Waals surface area contributed by atoms with Gasteiger partial charge in [-0.15, -0.1) is 0 Å². The smallest absolute Gasteiger partial charge is 0.267 e. The third-order valence-electron chi connectivity index (χ3n) is 4.69. The molecule has 1 fully saturated rings. The molecular weight excluding hydrogens is 396 g/mol. The van der Waals surface area contributed by atoms with E-state index in [4.69, 9.17) is 9.47 Å². The minimum atomic E-state index is -4.14. The first kappa shape index (κ1) is 20.7. The lowest BCUT2D eigenvalue weighted by molar-refractivity contribution is -0.128. The Kier molecular flexibility index (Phi) is 5.78. The summed E-state index contributed by atoms with van der Waals surface area (Å²) in [6.07, 6.45) is 0.0954. The van der Waals surface area contributed by atoms with Crippen LogP contribution in [0.25, 0.3) is 0 Å². The molecule has 3 rings (SSSR count). The molecule has 1 N–H and O–H groups in total. The Morgan fingerprint density at radius 2 is 1.72 bits per heavy atom. The molecule has 1 atom stereocenters. The van der Waals surface area contributed by atoms with Crippen LogP contribution in [0.3, 0.4) is 0 Å². The standard InChI is InChI=1S/C20H22N2O6S/c1-13-4-7-15(8-5-13)29(25,26)22-16(9-11-19(22)23)20(24)21-14-6-10-17(27-2)18(12-14)28-3/h4-8,10,12,16H,9,11H2,1-3H3,(H,21,24)/t16-/m0/s1. The summed E-state index contributed by atoms with van der Waals surface area (Å²) in [6.45, 7) is 1.83. The maximum Gasteiger partial charge on any atom is 0.267 e. The number of amides is 2. The van der Waals surface area contributed by atoms with E-state index in [2.05, 4.69) is 5.32 Å². The Labute approximate surface area is 169 Å². The van der Waals surface area contributed by atoms with Gasteiger partial charge >= 0.3 is 0 Å². The van der Waals surface area contributed by atoms with Crippen molar-refractivity contribution in [3.05, 3.63) is 48.0 Å². The van der Waals surface area contributed by atoms with Crippen molar-refractivity contribution in [2.24, 2.45) is 0 Å².